The van der Waals surface area contributed by atoms with Gasteiger partial charge in [0.2, 0.25) is 0 Å². The van der Waals surface area contributed by atoms with E-state index in [0.29, 0.717) is 13.0 Å². The molecule has 1 atom stereocenters. The largest absolute Gasteiger partial charge is 0.481 e. The van der Waals surface area contributed by atoms with Gasteiger partial charge in [-0.25, -0.2) is 0 Å². The van der Waals surface area contributed by atoms with Crippen molar-refractivity contribution in [1.29, 1.82) is 0 Å². The first-order valence-corrected chi connectivity index (χ1v) is 15.1. The minimum atomic E-state index is -0.876. The molecule has 0 rings (SSSR count). The highest BCUT2D eigenvalue weighted by molar-refractivity contribution is 5.78. The van der Waals surface area contributed by atoms with E-state index >= 15 is 0 Å². The normalized spacial score (nSPS) is 12.3. The predicted octanol–water partition coefficient (Wildman–Crippen LogP) is 9.80. The van der Waals surface area contributed by atoms with E-state index in [1.807, 2.05) is 6.92 Å². The molecule has 0 spiro atoms. The van der Waals surface area contributed by atoms with Crippen LogP contribution >= 0.6 is 0 Å². The summed E-state index contributed by atoms with van der Waals surface area (Å²) in [5, 5.41) is 9.31. The second kappa shape index (κ2) is 27.3. The van der Waals surface area contributed by atoms with Gasteiger partial charge in [0.25, 0.3) is 0 Å². The summed E-state index contributed by atoms with van der Waals surface area (Å²) in [4.78, 5) is 23.0. The van der Waals surface area contributed by atoms with Crippen LogP contribution in [0.2, 0.25) is 0 Å². The molecule has 206 valence electrons. The van der Waals surface area contributed by atoms with Crippen molar-refractivity contribution in [3.05, 3.63) is 12.2 Å². The maximum atomic E-state index is 11.7. The molecule has 0 radical (unpaired) electrons. The minimum absolute atomic E-state index is 0.00614. The zero-order valence-electron chi connectivity index (χ0n) is 23.4. The first-order chi connectivity index (χ1) is 17.1. The number of unbranched alkanes of at least 4 members (excludes halogenated alkanes) is 18. The van der Waals surface area contributed by atoms with Crippen LogP contribution in [0.4, 0.5) is 0 Å². The topological polar surface area (TPSA) is 63.6 Å². The lowest BCUT2D eigenvalue weighted by atomic mass is 9.97. The molecule has 0 saturated carbocycles. The molecular formula is C31H58O4. The number of esters is 1. The maximum Gasteiger partial charge on any atom is 0.307 e. The monoisotopic (exact) mass is 494 g/mol. The fourth-order valence-corrected chi connectivity index (χ4v) is 4.49. The van der Waals surface area contributed by atoms with Crippen molar-refractivity contribution in [3.63, 3.8) is 0 Å². The van der Waals surface area contributed by atoms with Gasteiger partial charge in [-0.05, 0) is 38.5 Å². The molecule has 35 heavy (non-hydrogen) atoms. The number of carboxylic acids is 1. The number of rotatable bonds is 27. The molecular weight excluding hydrogens is 436 g/mol. The lowest BCUT2D eigenvalue weighted by Gasteiger charge is -2.11. The first kappa shape index (κ1) is 33.7. The lowest BCUT2D eigenvalue weighted by Crippen LogP contribution is -2.19. The van der Waals surface area contributed by atoms with E-state index in [4.69, 9.17) is 4.74 Å². The van der Waals surface area contributed by atoms with E-state index in [2.05, 4.69) is 19.1 Å². The Balaban J connectivity index is 3.35. The number of allylic oxidation sites excluding steroid dienone is 2. The lowest BCUT2D eigenvalue weighted by molar-refractivity contribution is -0.151. The molecule has 4 heteroatoms. The van der Waals surface area contributed by atoms with E-state index < -0.39 is 11.9 Å². The molecule has 0 fully saturated rings. The van der Waals surface area contributed by atoms with E-state index in [-0.39, 0.29) is 12.4 Å². The van der Waals surface area contributed by atoms with Crippen LogP contribution in [0.15, 0.2) is 12.2 Å². The Morgan fingerprint density at radius 2 is 1.06 bits per heavy atom. The Labute approximate surface area is 217 Å². The van der Waals surface area contributed by atoms with Gasteiger partial charge in [-0.15, -0.1) is 0 Å². The van der Waals surface area contributed by atoms with Crippen molar-refractivity contribution in [3.8, 4) is 0 Å². The molecule has 0 aromatic carbocycles. The number of ether oxygens (including phenoxy) is 1. The molecule has 0 bridgehead atoms. The molecule has 4 nitrogen and oxygen atoms in total. The first-order valence-electron chi connectivity index (χ1n) is 15.1. The Morgan fingerprint density at radius 1 is 0.629 bits per heavy atom. The fourth-order valence-electron chi connectivity index (χ4n) is 4.49. The maximum absolute atomic E-state index is 11.7. The second-order valence-corrected chi connectivity index (χ2v) is 10.3. The molecule has 0 aromatic rings. The second-order valence-electron chi connectivity index (χ2n) is 10.3. The molecule has 0 aliphatic carbocycles. The Kier molecular flexibility index (Phi) is 26.2. The van der Waals surface area contributed by atoms with Gasteiger partial charge in [0, 0.05) is 0 Å². The minimum Gasteiger partial charge on any atom is -0.481 e. The summed E-state index contributed by atoms with van der Waals surface area (Å²) >= 11 is 0. The van der Waals surface area contributed by atoms with Gasteiger partial charge >= 0.3 is 11.9 Å². The van der Waals surface area contributed by atoms with Crippen LogP contribution in [-0.2, 0) is 14.3 Å². The van der Waals surface area contributed by atoms with Crippen molar-refractivity contribution < 1.29 is 19.4 Å². The number of carboxylic acid groups (broad SMARTS) is 1. The van der Waals surface area contributed by atoms with Crippen molar-refractivity contribution in [2.24, 2.45) is 5.92 Å². The number of carbonyl (C=O) groups excluding carboxylic acids is 1. The summed E-state index contributed by atoms with van der Waals surface area (Å²) in [6.45, 7) is 4.57. The molecule has 0 saturated heterocycles. The zero-order valence-corrected chi connectivity index (χ0v) is 23.4. The Bertz CT molecular complexity index is 500. The van der Waals surface area contributed by atoms with E-state index in [1.54, 1.807) is 0 Å². The summed E-state index contributed by atoms with van der Waals surface area (Å²) < 4.78 is 5.02. The molecule has 0 heterocycles. The molecule has 1 N–H and O–H groups in total. The van der Waals surface area contributed by atoms with Crippen LogP contribution in [-0.4, -0.2) is 23.7 Å². The smallest absolute Gasteiger partial charge is 0.307 e. The predicted molar refractivity (Wildman–Crippen MR) is 149 cm³/mol. The third-order valence-electron chi connectivity index (χ3n) is 6.79. The molecule has 0 amide bonds. The van der Waals surface area contributed by atoms with E-state index in [9.17, 15) is 14.7 Å². The highest BCUT2D eigenvalue weighted by Gasteiger charge is 2.21. The van der Waals surface area contributed by atoms with E-state index in [1.165, 1.54) is 116 Å². The van der Waals surface area contributed by atoms with Crippen molar-refractivity contribution in [1.82, 2.24) is 0 Å². The SMILES string of the molecule is CCCCC/C=C/CCCCCCCCCCCCCCCCCC(CC(=O)OCCC)C(=O)O. The Hall–Kier alpha value is -1.32. The summed E-state index contributed by atoms with van der Waals surface area (Å²) in [6.07, 6.45) is 32.1. The van der Waals surface area contributed by atoms with Gasteiger partial charge in [-0.3, -0.25) is 9.59 Å². The number of aliphatic carboxylic acids is 1. The quantitative estimate of drug-likeness (QED) is 0.0701. The fraction of sp³-hybridized carbons (Fsp3) is 0.871. The number of hydrogen-bond donors (Lipinski definition) is 1. The number of hydrogen-bond acceptors (Lipinski definition) is 3. The summed E-state index contributed by atoms with van der Waals surface area (Å²) in [5.74, 6) is -1.85. The Morgan fingerprint density at radius 3 is 1.49 bits per heavy atom. The van der Waals surface area contributed by atoms with Crippen LogP contribution < -0.4 is 0 Å². The van der Waals surface area contributed by atoms with Gasteiger partial charge < -0.3 is 9.84 Å². The summed E-state index contributed by atoms with van der Waals surface area (Å²) in [6, 6.07) is 0. The van der Waals surface area contributed by atoms with Gasteiger partial charge in [-0.2, -0.15) is 0 Å². The van der Waals surface area contributed by atoms with Crippen molar-refractivity contribution in [2.45, 2.75) is 162 Å². The van der Waals surface area contributed by atoms with Crippen LogP contribution in [0.1, 0.15) is 162 Å². The summed E-state index contributed by atoms with van der Waals surface area (Å²) in [5.41, 5.74) is 0. The molecule has 1 unspecified atom stereocenters. The highest BCUT2D eigenvalue weighted by Crippen LogP contribution is 2.18. The van der Waals surface area contributed by atoms with Crippen LogP contribution in [0.3, 0.4) is 0 Å². The van der Waals surface area contributed by atoms with Gasteiger partial charge in [0.1, 0.15) is 0 Å². The molecule has 0 aliphatic heterocycles. The molecule has 0 aliphatic rings. The van der Waals surface area contributed by atoms with Crippen LogP contribution in [0.25, 0.3) is 0 Å². The van der Waals surface area contributed by atoms with Crippen LogP contribution in [0.5, 0.6) is 0 Å². The van der Waals surface area contributed by atoms with Gasteiger partial charge in [-0.1, -0.05) is 129 Å². The van der Waals surface area contributed by atoms with Crippen molar-refractivity contribution in [2.75, 3.05) is 6.61 Å². The molecule has 0 aromatic heterocycles. The van der Waals surface area contributed by atoms with E-state index in [0.717, 1.165) is 19.3 Å². The number of carbonyl (C=O) groups is 2. The van der Waals surface area contributed by atoms with Crippen LogP contribution in [0, 0.1) is 5.92 Å². The highest BCUT2D eigenvalue weighted by atomic mass is 16.5. The van der Waals surface area contributed by atoms with Gasteiger partial charge in [0.05, 0.1) is 18.9 Å². The zero-order chi connectivity index (χ0) is 25.8. The average molecular weight is 495 g/mol. The van der Waals surface area contributed by atoms with Gasteiger partial charge in [0.15, 0.2) is 0 Å². The summed E-state index contributed by atoms with van der Waals surface area (Å²) in [7, 11) is 0. The third-order valence-corrected chi connectivity index (χ3v) is 6.79. The average Bonchev–Trinajstić information content (AvgIpc) is 2.84. The standard InChI is InChI=1S/C31H58O4/c1-3-5-6-7-8-9-10-11-12-13-14-15-16-17-18-19-20-21-22-23-24-25-26-29(31(33)34)28-30(32)35-27-4-2/h8-9,29H,3-7,10-28H2,1-2H3,(H,33,34)/b9-8+. The third kappa shape index (κ3) is 25.6. The van der Waals surface area contributed by atoms with Crippen molar-refractivity contribution >= 4 is 11.9 Å².